The molecule has 8 aliphatic rings. The summed E-state index contributed by atoms with van der Waals surface area (Å²) in [6, 6.07) is 44.5. The number of benzene rings is 1. The fourth-order valence-electron chi connectivity index (χ4n) is 22.2. The van der Waals surface area contributed by atoms with Gasteiger partial charge in [-0.15, -0.1) is 0 Å². The van der Waals surface area contributed by atoms with Gasteiger partial charge in [-0.2, -0.15) is 30.0 Å². The third-order valence-electron chi connectivity index (χ3n) is 29.9. The average Bonchev–Trinajstić information content (AvgIpc) is 1.66. The molecule has 7 fully saturated rings. The number of hydrogen-bond acceptors (Lipinski definition) is 30. The van der Waals surface area contributed by atoms with E-state index in [1.807, 2.05) is 182 Å². The average molecular weight is 1970 g/mol. The van der Waals surface area contributed by atoms with Crippen LogP contribution in [0.4, 0.5) is 22.7 Å². The molecule has 18 aromatic heterocycles. The van der Waals surface area contributed by atoms with Crippen LogP contribution in [-0.2, 0) is 0 Å². The number of nitrogens with one attached hydrogen (secondary N) is 2. The summed E-state index contributed by atoms with van der Waals surface area (Å²) in [5.41, 5.74) is 25.9. The van der Waals surface area contributed by atoms with E-state index in [0.717, 1.165) is 192 Å². The number of methoxy groups -OCH3 is 2. The molecule has 27 rings (SSSR count). The third kappa shape index (κ3) is 18.1. The van der Waals surface area contributed by atoms with E-state index in [1.165, 1.54) is 29.8 Å². The fraction of sp³-hybridized carbons (Fsp3) is 0.343. The number of likely N-dealkylation sites (tertiary alicyclic amines) is 2. The normalized spacial score (nSPS) is 19.2. The highest BCUT2D eigenvalue weighted by molar-refractivity contribution is 5.74. The molecule has 147 heavy (non-hydrogen) atoms. The Kier molecular flexibility index (Phi) is 24.4. The number of hydrogen-bond donors (Lipinski definition) is 2. The van der Waals surface area contributed by atoms with Crippen LogP contribution in [-0.4, -0.2) is 274 Å². The number of aryl methyl sites for hydroxylation is 8. The number of pyridine rings is 4. The molecule has 0 aliphatic carbocycles. The largest absolute Gasteiger partial charge is 0.493 e. The van der Waals surface area contributed by atoms with Crippen molar-refractivity contribution in [2.75, 3.05) is 126 Å². The van der Waals surface area contributed by atoms with E-state index in [0.29, 0.717) is 133 Å². The summed E-state index contributed by atoms with van der Waals surface area (Å²) >= 11 is 0. The van der Waals surface area contributed by atoms with Gasteiger partial charge in [0.2, 0.25) is 0 Å². The van der Waals surface area contributed by atoms with Crippen molar-refractivity contribution in [3.8, 4) is 68.3 Å². The van der Waals surface area contributed by atoms with Crippen molar-refractivity contribution < 1.29 is 9.47 Å². The molecule has 0 spiro atoms. The van der Waals surface area contributed by atoms with Gasteiger partial charge in [0, 0.05) is 168 Å². The maximum absolute atomic E-state index is 13.0. The lowest BCUT2D eigenvalue weighted by Gasteiger charge is -2.39. The maximum atomic E-state index is 13.0. The van der Waals surface area contributed by atoms with Gasteiger partial charge in [0.1, 0.15) is 45.4 Å². The van der Waals surface area contributed by atoms with Crippen LogP contribution in [0, 0.1) is 55.4 Å². The topological polar surface area (TPSA) is 371 Å². The molecule has 2 N–H and O–H groups in total. The van der Waals surface area contributed by atoms with Crippen molar-refractivity contribution >= 4 is 78.6 Å². The maximum Gasteiger partial charge on any atom is 0.275 e. The van der Waals surface area contributed by atoms with Crippen LogP contribution < -0.4 is 67.5 Å². The van der Waals surface area contributed by atoms with Crippen molar-refractivity contribution in [2.45, 2.75) is 137 Å². The summed E-state index contributed by atoms with van der Waals surface area (Å²) in [6.45, 7) is 32.0. The van der Waals surface area contributed by atoms with Crippen LogP contribution in [0.5, 0.6) is 11.5 Å². The lowest BCUT2D eigenvalue weighted by Crippen LogP contribution is -2.50. The van der Waals surface area contributed by atoms with Crippen LogP contribution in [0.15, 0.2) is 213 Å². The Morgan fingerprint density at radius 3 is 1.20 bits per heavy atom. The van der Waals surface area contributed by atoms with E-state index in [1.54, 1.807) is 81.8 Å². The smallest absolute Gasteiger partial charge is 0.275 e. The molecule has 39 nitrogen and oxygen atoms in total. The van der Waals surface area contributed by atoms with Crippen LogP contribution >= 0.6 is 0 Å². The zero-order chi connectivity index (χ0) is 101. The van der Waals surface area contributed by atoms with E-state index in [-0.39, 0.29) is 27.8 Å². The van der Waals surface area contributed by atoms with E-state index in [4.69, 9.17) is 29.4 Å². The van der Waals surface area contributed by atoms with Crippen LogP contribution in [0.3, 0.4) is 0 Å². The Morgan fingerprint density at radius 1 is 0.367 bits per heavy atom. The zero-order valence-corrected chi connectivity index (χ0v) is 84.5. The van der Waals surface area contributed by atoms with E-state index in [2.05, 4.69) is 148 Å². The van der Waals surface area contributed by atoms with Gasteiger partial charge in [-0.05, 0) is 224 Å². The molecule has 7 atom stereocenters. The molecule has 748 valence electrons. The molecule has 0 amide bonds. The molecule has 26 heterocycles. The molecule has 0 radical (unpaired) electrons. The van der Waals surface area contributed by atoms with Crippen LogP contribution in [0.1, 0.15) is 90.8 Å². The number of anilines is 4. The Balaban J connectivity index is 0.000000101. The quantitative estimate of drug-likeness (QED) is 0.108. The number of ether oxygens (including phenoxy) is 2. The first-order valence-corrected chi connectivity index (χ1v) is 50.1. The summed E-state index contributed by atoms with van der Waals surface area (Å²) < 4.78 is 25.7. The van der Waals surface area contributed by atoms with Gasteiger partial charge in [0.05, 0.1) is 164 Å². The summed E-state index contributed by atoms with van der Waals surface area (Å²) in [6.07, 6.45) is 21.8. The first kappa shape index (κ1) is 94.4. The molecule has 0 saturated carbocycles. The molecule has 39 heteroatoms. The summed E-state index contributed by atoms with van der Waals surface area (Å²) in [5, 5.41) is 29.7. The van der Waals surface area contributed by atoms with Gasteiger partial charge in [0.15, 0.2) is 17.1 Å². The minimum Gasteiger partial charge on any atom is -0.493 e. The minimum atomic E-state index is -0.221. The second-order valence-electron chi connectivity index (χ2n) is 39.8. The van der Waals surface area contributed by atoms with Crippen LogP contribution in [0.25, 0.3) is 113 Å². The number of rotatable bonds is 13. The predicted octanol–water partition coefficient (Wildman–Crippen LogP) is 10.1. The second kappa shape index (κ2) is 38.1. The third-order valence-corrected chi connectivity index (χ3v) is 29.9. The fourth-order valence-corrected chi connectivity index (χ4v) is 22.2. The van der Waals surface area contributed by atoms with Gasteiger partial charge >= 0.3 is 0 Å². The molecular formula is C108H114N32O7. The van der Waals surface area contributed by atoms with Crippen molar-refractivity contribution in [2.24, 2.45) is 0 Å². The number of aromatic nitrogens is 23. The van der Waals surface area contributed by atoms with Crippen LogP contribution in [0.2, 0.25) is 0 Å². The van der Waals surface area contributed by atoms with Gasteiger partial charge in [-0.3, -0.25) is 71.3 Å². The van der Waals surface area contributed by atoms with Crippen molar-refractivity contribution in [3.05, 3.63) is 292 Å². The molecule has 8 aliphatic heterocycles. The van der Waals surface area contributed by atoms with Crippen molar-refractivity contribution in [3.63, 3.8) is 0 Å². The highest BCUT2D eigenvalue weighted by Crippen LogP contribution is 2.39. The van der Waals surface area contributed by atoms with Gasteiger partial charge in [-0.1, -0.05) is 13.0 Å². The Hall–Kier alpha value is -16.2. The van der Waals surface area contributed by atoms with Gasteiger partial charge in [0.25, 0.3) is 27.8 Å². The second-order valence-corrected chi connectivity index (χ2v) is 39.8. The first-order valence-electron chi connectivity index (χ1n) is 50.1. The Labute approximate surface area is 843 Å². The van der Waals surface area contributed by atoms with Crippen molar-refractivity contribution in [1.82, 2.24) is 136 Å². The monoisotopic (exact) mass is 1970 g/mol. The summed E-state index contributed by atoms with van der Waals surface area (Å²) in [4.78, 5) is 123. The van der Waals surface area contributed by atoms with E-state index < -0.39 is 0 Å². The Bertz CT molecular complexity index is 8850. The summed E-state index contributed by atoms with van der Waals surface area (Å²) in [5.74, 6) is 1.21. The molecule has 6 bridgehead atoms. The number of nitrogens with zero attached hydrogens (tertiary/aromatic N) is 30. The molecule has 1 aromatic carbocycles. The van der Waals surface area contributed by atoms with E-state index in [9.17, 15) is 24.0 Å². The molecular weight excluding hydrogens is 1860 g/mol. The highest BCUT2D eigenvalue weighted by Gasteiger charge is 2.44. The van der Waals surface area contributed by atoms with Gasteiger partial charge in [-0.25, -0.2) is 43.0 Å². The zero-order valence-electron chi connectivity index (χ0n) is 84.5. The molecule has 0 unspecified atom stereocenters. The number of fused-ring (bicyclic) bond motifs is 15. The lowest BCUT2D eigenvalue weighted by molar-refractivity contribution is 0.234. The summed E-state index contributed by atoms with van der Waals surface area (Å²) in [7, 11) is 7.50. The SMILES string of the molecule is CCN1C[C@@H]2C[C@H]1CN2c1ccc2nc(-c3cc4c(C)nc(C)cn4n3)cc(=O)n2c1.COc1ccc(-c2cc(=O)n3nc(C4=CCNCC4)ccc3n2)cc1OC.Cc1cn2nc(-c3cc(=O)n4cc(N5CCN(C)[C@H](C)C5)ccc4n3)cc2c(C)n1.Cc1cn2nc(-c3cc(=O)n4cc(N5C[C@@H]6C[C@H]5CN6)ccc4n3)cc2c(C)n1.Cc1cn2nc(-c3cc(=O)n4cc(N5C[C@@H]6C[C@H]5CN6C)ccc4n3)cc2c(C)n1. The number of piperazine rings is 4. The minimum absolute atomic E-state index is 0.0931. The first-order chi connectivity index (χ1) is 71.1. The Morgan fingerprint density at radius 2 is 0.796 bits per heavy atom. The predicted molar refractivity (Wildman–Crippen MR) is 566 cm³/mol. The van der Waals surface area contributed by atoms with Gasteiger partial charge < -0.3 is 44.6 Å². The van der Waals surface area contributed by atoms with E-state index >= 15 is 0 Å². The highest BCUT2D eigenvalue weighted by atomic mass is 16.5. The molecule has 7 saturated heterocycles. The molecule has 19 aromatic rings. The number of likely N-dealkylation sites (N-methyl/N-ethyl adjacent to an activating group) is 3. The van der Waals surface area contributed by atoms with Crippen molar-refractivity contribution in [1.29, 1.82) is 0 Å². The lowest BCUT2D eigenvalue weighted by atomic mass is 10.1. The standard InChI is InChI=1S/C23H25N7O.C22H23N7O.C22H25N7O.C21H21N7O.C20H20N4O3/c1-4-27-11-18-7-17(27)13-28(18)16-5-6-22-25-19(9-23(31)29(22)12-16)20-8-21-15(3)24-14(2)10-30(21)26-20;1-13-9-29-20(14(2)23-13)7-19(25-29)18-8-22(30)28-11-15(4-5-21(28)24-18)27-12-16-6-17(27)10-26(16)3;1-14-11-29-20(16(3)23-14)9-19(25-29)18-10-22(30)28-13-17(5-6-21(28)24-18)27-8-7-26(4)15(2)12-27;1-12-9-28-19(13(2)23-12)6-18(25-28)17-7-21(29)27-11-15(3-4-20(27)24-17)26-10-14-5-16(26)8-22-14;1-26-17-5-3-14(11-18(17)27-2)16-12-20(25)24-19(22-16)6-4-15(23-24)13-7-9-21-10-8-13/h5-6,8-10,12,17-18H,4,7,11,13H2,1-3H3;4-5,7-9,11,16-17H,6,10,12H2,1-3H3;5-6,9-11,13,15H,7-8,12H2,1-4H3;3-4,6-7,9,11,14,16,22H,5,8,10H2,1-2H3;3-7,11-12,21H,8-10H2,1-2H3/t17-,18-;16-,17-;15-;14-,16-;/m0010./s1.